The molecule has 1 saturated heterocycles. The average Bonchev–Trinajstić information content (AvgIpc) is 2.70. The molecule has 1 unspecified atom stereocenters. The summed E-state index contributed by atoms with van der Waals surface area (Å²) in [6, 6.07) is 5.46. The first-order chi connectivity index (χ1) is 14.4. The fourth-order valence-corrected chi connectivity index (χ4v) is 4.09. The molecular formula is C22H22F2N2O4. The predicted molar refractivity (Wildman–Crippen MR) is 106 cm³/mol. The molecule has 2 aromatic rings. The van der Waals surface area contributed by atoms with Gasteiger partial charge in [0.1, 0.15) is 11.6 Å². The molecule has 158 valence electrons. The second kappa shape index (κ2) is 7.93. The molecule has 0 aromatic heterocycles. The molecule has 2 heterocycles. The number of benzene rings is 2. The van der Waals surface area contributed by atoms with E-state index in [1.165, 1.54) is 0 Å². The molecule has 3 amide bonds. The maximum absolute atomic E-state index is 14.3. The number of rotatable bonds is 5. The van der Waals surface area contributed by atoms with Crippen molar-refractivity contribution in [2.75, 3.05) is 24.7 Å². The summed E-state index contributed by atoms with van der Waals surface area (Å²) in [5, 5.41) is 0. The SMILES string of the molecule is CCOc1cc2c(cc1OCC)C1CC(=O)N(c3ccc(F)cc3F)C(=O)N1CC2. The number of nitrogens with zero attached hydrogens (tertiary/aromatic N) is 2. The summed E-state index contributed by atoms with van der Waals surface area (Å²) in [5.74, 6) is -1.06. The number of urea groups is 1. The van der Waals surface area contributed by atoms with E-state index in [0.29, 0.717) is 43.7 Å². The molecule has 0 bridgehead atoms. The topological polar surface area (TPSA) is 59.1 Å². The lowest BCUT2D eigenvalue weighted by molar-refractivity contribution is -0.120. The number of ether oxygens (including phenoxy) is 2. The third-order valence-electron chi connectivity index (χ3n) is 5.37. The normalized spacial score (nSPS) is 18.2. The Morgan fingerprint density at radius 1 is 1.03 bits per heavy atom. The number of carbonyl (C=O) groups is 2. The van der Waals surface area contributed by atoms with Gasteiger partial charge in [-0.1, -0.05) is 0 Å². The Balaban J connectivity index is 1.70. The van der Waals surface area contributed by atoms with Crippen LogP contribution in [0.25, 0.3) is 0 Å². The van der Waals surface area contributed by atoms with Crippen molar-refractivity contribution in [2.24, 2.45) is 0 Å². The summed E-state index contributed by atoms with van der Waals surface area (Å²) in [6.07, 6.45) is 0.563. The number of hydrogen-bond acceptors (Lipinski definition) is 4. The first kappa shape index (κ1) is 20.1. The Hall–Kier alpha value is -3.16. The third-order valence-corrected chi connectivity index (χ3v) is 5.37. The van der Waals surface area contributed by atoms with Crippen LogP contribution in [0.15, 0.2) is 30.3 Å². The van der Waals surface area contributed by atoms with Crippen LogP contribution in [0.5, 0.6) is 11.5 Å². The van der Waals surface area contributed by atoms with Gasteiger partial charge in [-0.25, -0.2) is 18.5 Å². The van der Waals surface area contributed by atoms with E-state index in [-0.39, 0.29) is 12.1 Å². The molecule has 0 saturated carbocycles. The van der Waals surface area contributed by atoms with Crippen LogP contribution in [-0.2, 0) is 11.2 Å². The van der Waals surface area contributed by atoms with Gasteiger partial charge in [-0.2, -0.15) is 0 Å². The lowest BCUT2D eigenvalue weighted by atomic mass is 9.88. The highest BCUT2D eigenvalue weighted by Gasteiger charge is 2.43. The molecule has 2 aromatic carbocycles. The Morgan fingerprint density at radius 2 is 1.73 bits per heavy atom. The van der Waals surface area contributed by atoms with Crippen molar-refractivity contribution in [2.45, 2.75) is 32.7 Å². The van der Waals surface area contributed by atoms with E-state index in [1.54, 1.807) is 4.90 Å². The summed E-state index contributed by atoms with van der Waals surface area (Å²) in [4.78, 5) is 28.3. The van der Waals surface area contributed by atoms with Crippen LogP contribution in [0, 0.1) is 11.6 Å². The molecule has 4 rings (SSSR count). The minimum Gasteiger partial charge on any atom is -0.490 e. The van der Waals surface area contributed by atoms with E-state index in [2.05, 4.69) is 0 Å². The molecule has 6 nitrogen and oxygen atoms in total. The lowest BCUT2D eigenvalue weighted by Crippen LogP contribution is -2.56. The van der Waals surface area contributed by atoms with Crippen LogP contribution in [0.3, 0.4) is 0 Å². The number of halogens is 2. The average molecular weight is 416 g/mol. The molecule has 0 radical (unpaired) electrons. The van der Waals surface area contributed by atoms with Crippen molar-refractivity contribution >= 4 is 17.6 Å². The Morgan fingerprint density at radius 3 is 2.40 bits per heavy atom. The van der Waals surface area contributed by atoms with Crippen molar-refractivity contribution < 1.29 is 27.8 Å². The third kappa shape index (κ3) is 3.36. The molecule has 1 atom stereocenters. The maximum Gasteiger partial charge on any atom is 0.331 e. The highest BCUT2D eigenvalue weighted by Crippen LogP contribution is 2.42. The van der Waals surface area contributed by atoms with Gasteiger partial charge < -0.3 is 14.4 Å². The molecule has 30 heavy (non-hydrogen) atoms. The number of hydrogen-bond donors (Lipinski definition) is 0. The van der Waals surface area contributed by atoms with Crippen LogP contribution in [0.2, 0.25) is 0 Å². The first-order valence-corrected chi connectivity index (χ1v) is 9.95. The summed E-state index contributed by atoms with van der Waals surface area (Å²) in [6.45, 7) is 5.07. The Labute approximate surface area is 173 Å². The van der Waals surface area contributed by atoms with Crippen LogP contribution in [-0.4, -0.2) is 36.6 Å². The predicted octanol–water partition coefficient (Wildman–Crippen LogP) is 4.22. The van der Waals surface area contributed by atoms with Crippen molar-refractivity contribution in [1.29, 1.82) is 0 Å². The Kier molecular flexibility index (Phi) is 5.32. The van der Waals surface area contributed by atoms with Gasteiger partial charge in [0.05, 0.1) is 31.4 Å². The van der Waals surface area contributed by atoms with Crippen molar-refractivity contribution in [3.05, 3.63) is 53.1 Å². The van der Waals surface area contributed by atoms with Gasteiger partial charge in [0, 0.05) is 12.6 Å². The fourth-order valence-electron chi connectivity index (χ4n) is 4.09. The Bertz CT molecular complexity index is 1010. The lowest BCUT2D eigenvalue weighted by Gasteiger charge is -2.43. The second-order valence-electron chi connectivity index (χ2n) is 7.13. The first-order valence-electron chi connectivity index (χ1n) is 9.95. The van der Waals surface area contributed by atoms with Gasteiger partial charge in [0.25, 0.3) is 0 Å². The van der Waals surface area contributed by atoms with E-state index in [1.807, 2.05) is 26.0 Å². The van der Waals surface area contributed by atoms with Gasteiger partial charge in [-0.3, -0.25) is 4.79 Å². The van der Waals surface area contributed by atoms with Crippen molar-refractivity contribution in [1.82, 2.24) is 4.90 Å². The van der Waals surface area contributed by atoms with E-state index < -0.39 is 29.6 Å². The molecule has 2 aliphatic heterocycles. The minimum atomic E-state index is -0.951. The van der Waals surface area contributed by atoms with Gasteiger partial charge in [-0.15, -0.1) is 0 Å². The highest BCUT2D eigenvalue weighted by atomic mass is 19.1. The number of anilines is 1. The van der Waals surface area contributed by atoms with Crippen molar-refractivity contribution in [3.63, 3.8) is 0 Å². The molecule has 1 fully saturated rings. The van der Waals surface area contributed by atoms with Crippen LogP contribution in [0.1, 0.15) is 37.4 Å². The van der Waals surface area contributed by atoms with Crippen LogP contribution >= 0.6 is 0 Å². The standard InChI is InChI=1S/C22H22F2N2O4/c1-3-29-19-9-13-7-8-25-18(15(13)11-20(19)30-4-2)12-21(27)26(22(25)28)17-6-5-14(23)10-16(17)24/h5-6,9-11,18H,3-4,7-8,12H2,1-2H3. The molecule has 0 aliphatic carbocycles. The smallest absolute Gasteiger partial charge is 0.331 e. The van der Waals surface area contributed by atoms with Gasteiger partial charge in [0.15, 0.2) is 11.5 Å². The van der Waals surface area contributed by atoms with E-state index in [4.69, 9.17) is 9.47 Å². The number of carbonyl (C=O) groups excluding carboxylic acids is 2. The molecule has 0 N–H and O–H groups in total. The van der Waals surface area contributed by atoms with Crippen LogP contribution < -0.4 is 14.4 Å². The zero-order valence-corrected chi connectivity index (χ0v) is 16.8. The van der Waals surface area contributed by atoms with Crippen molar-refractivity contribution in [3.8, 4) is 11.5 Å². The monoisotopic (exact) mass is 416 g/mol. The number of imide groups is 1. The fraction of sp³-hybridized carbons (Fsp3) is 0.364. The number of amides is 3. The summed E-state index contributed by atoms with van der Waals surface area (Å²) in [5.41, 5.74) is 1.58. The molecule has 8 heteroatoms. The highest BCUT2D eigenvalue weighted by molar-refractivity contribution is 6.16. The largest absolute Gasteiger partial charge is 0.490 e. The maximum atomic E-state index is 14.3. The molecule has 0 spiro atoms. The summed E-state index contributed by atoms with van der Waals surface area (Å²) < 4.78 is 38.9. The number of fused-ring (bicyclic) bond motifs is 3. The quantitative estimate of drug-likeness (QED) is 0.732. The van der Waals surface area contributed by atoms with Gasteiger partial charge >= 0.3 is 6.03 Å². The molecular weight excluding hydrogens is 394 g/mol. The van der Waals surface area contributed by atoms with E-state index in [0.717, 1.165) is 28.2 Å². The van der Waals surface area contributed by atoms with E-state index in [9.17, 15) is 18.4 Å². The van der Waals surface area contributed by atoms with E-state index >= 15 is 0 Å². The minimum absolute atomic E-state index is 0.00486. The van der Waals surface area contributed by atoms with Gasteiger partial charge in [0.2, 0.25) is 5.91 Å². The second-order valence-corrected chi connectivity index (χ2v) is 7.13. The van der Waals surface area contributed by atoms with Gasteiger partial charge in [-0.05, 0) is 55.7 Å². The summed E-state index contributed by atoms with van der Waals surface area (Å²) in [7, 11) is 0. The van der Waals surface area contributed by atoms with Crippen LogP contribution in [0.4, 0.5) is 19.3 Å². The molecule has 2 aliphatic rings. The zero-order chi connectivity index (χ0) is 21.4. The zero-order valence-electron chi connectivity index (χ0n) is 16.8. The summed E-state index contributed by atoms with van der Waals surface area (Å²) >= 11 is 0.